The number of hydrogen-bond donors (Lipinski definition) is 0. The molecular weight excluding hydrogens is 592 g/mol. The van der Waals surface area contributed by atoms with Crippen molar-refractivity contribution in [1.82, 2.24) is 0 Å². The first-order valence-electron chi connectivity index (χ1n) is 16.2. The van der Waals surface area contributed by atoms with E-state index in [9.17, 15) is 10.5 Å². The first-order chi connectivity index (χ1) is 23.8. The highest BCUT2D eigenvalue weighted by atomic mass is 16.5. The van der Waals surface area contributed by atoms with Gasteiger partial charge in [-0.15, -0.1) is 0 Å². The number of anilines is 6. The number of fused-ring (bicyclic) bond motifs is 5. The molecule has 2 unspecified atom stereocenters. The zero-order chi connectivity index (χ0) is 31.9. The summed E-state index contributed by atoms with van der Waals surface area (Å²) in [5.74, 6) is 2.87. The van der Waals surface area contributed by atoms with Crippen LogP contribution in [0, 0.1) is 22.7 Å². The van der Waals surface area contributed by atoms with Crippen molar-refractivity contribution >= 4 is 34.1 Å². The Morgan fingerprint density at radius 1 is 0.458 bits per heavy atom. The van der Waals surface area contributed by atoms with Gasteiger partial charge in [0.2, 0.25) is 0 Å². The quantitative estimate of drug-likeness (QED) is 0.192. The lowest BCUT2D eigenvalue weighted by Gasteiger charge is -2.47. The fourth-order valence-corrected chi connectivity index (χ4v) is 8.43. The molecule has 0 spiro atoms. The molecule has 0 saturated heterocycles. The molecule has 3 aliphatic carbocycles. The van der Waals surface area contributed by atoms with Gasteiger partial charge in [0, 0.05) is 11.8 Å². The Bertz CT molecular complexity index is 2180. The molecule has 2 heterocycles. The lowest BCUT2D eigenvalue weighted by molar-refractivity contribution is 0.475. The van der Waals surface area contributed by atoms with Gasteiger partial charge in [-0.05, 0) is 83.6 Å². The van der Waals surface area contributed by atoms with Gasteiger partial charge in [0.1, 0.15) is 12.1 Å². The summed E-state index contributed by atoms with van der Waals surface area (Å²) >= 11 is 0. The van der Waals surface area contributed by atoms with Gasteiger partial charge in [-0.2, -0.15) is 10.5 Å². The molecule has 0 fully saturated rings. The van der Waals surface area contributed by atoms with E-state index in [0.717, 1.165) is 58.1 Å². The summed E-state index contributed by atoms with van der Waals surface area (Å²) in [6, 6.07) is 45.6. The molecule has 2 atom stereocenters. The maximum Gasteiger partial charge on any atom is 0.151 e. The monoisotopic (exact) mass is 618 g/mol. The molecule has 2 bridgehead atoms. The summed E-state index contributed by atoms with van der Waals surface area (Å²) in [4.78, 5) is 4.33. The number of benzene rings is 6. The number of rotatable bonds is 2. The number of nitriles is 2. The van der Waals surface area contributed by atoms with E-state index < -0.39 is 0 Å². The van der Waals surface area contributed by atoms with E-state index in [1.165, 1.54) is 11.1 Å². The first-order valence-corrected chi connectivity index (χ1v) is 16.2. The van der Waals surface area contributed by atoms with Gasteiger partial charge in [0.15, 0.2) is 23.0 Å². The van der Waals surface area contributed by atoms with Crippen molar-refractivity contribution in [3.8, 4) is 35.1 Å². The van der Waals surface area contributed by atoms with Crippen LogP contribution in [0.4, 0.5) is 34.1 Å². The predicted molar refractivity (Wildman–Crippen MR) is 185 cm³/mol. The highest BCUT2D eigenvalue weighted by molar-refractivity contribution is 5.98. The van der Waals surface area contributed by atoms with Crippen molar-refractivity contribution in [3.05, 3.63) is 155 Å². The molecule has 0 aromatic heterocycles. The second-order valence-corrected chi connectivity index (χ2v) is 12.6. The second-order valence-electron chi connectivity index (χ2n) is 12.6. The number of para-hydroxylation sites is 8. The largest absolute Gasteiger partial charge is 0.453 e. The minimum atomic E-state index is 0.0310. The van der Waals surface area contributed by atoms with Crippen LogP contribution in [0.3, 0.4) is 0 Å². The Kier molecular flexibility index (Phi) is 5.56. The molecule has 5 aliphatic rings. The summed E-state index contributed by atoms with van der Waals surface area (Å²) in [5, 5.41) is 22.5. The first kappa shape index (κ1) is 26.7. The van der Waals surface area contributed by atoms with E-state index in [0.29, 0.717) is 34.1 Å². The van der Waals surface area contributed by atoms with Gasteiger partial charge in [0.25, 0.3) is 0 Å². The third kappa shape index (κ3) is 3.49. The Hall–Kier alpha value is -6.50. The van der Waals surface area contributed by atoms with E-state index in [4.69, 9.17) is 9.47 Å². The van der Waals surface area contributed by atoms with Crippen molar-refractivity contribution in [2.45, 2.75) is 24.7 Å². The standard InChI is InChI=1S/C42H26N4O2/c43-23-29-30(24-44)42(46-33-15-5-9-19-37(33)48-38-20-10-6-16-34(38)46)40-28-22-21-27(25-11-1-2-12-26(25)28)39(40)41(29)45-31-13-3-7-17-35(31)47-36-18-8-4-14-32(36)45/h1-20,27-28H,21-22H2. The molecule has 0 saturated carbocycles. The van der Waals surface area contributed by atoms with Crippen LogP contribution in [0.15, 0.2) is 121 Å². The van der Waals surface area contributed by atoms with Crippen LogP contribution in [0.1, 0.15) is 58.1 Å². The highest BCUT2D eigenvalue weighted by Crippen LogP contribution is 2.64. The predicted octanol–water partition coefficient (Wildman–Crippen LogP) is 11.0. The Balaban J connectivity index is 1.38. The molecule has 226 valence electrons. The molecular formula is C42H26N4O2. The van der Waals surface area contributed by atoms with Gasteiger partial charge in [-0.1, -0.05) is 72.8 Å². The van der Waals surface area contributed by atoms with E-state index in [1.54, 1.807) is 0 Å². The second kappa shape index (κ2) is 10.00. The van der Waals surface area contributed by atoms with Crippen molar-refractivity contribution in [2.75, 3.05) is 9.80 Å². The van der Waals surface area contributed by atoms with Gasteiger partial charge in [-0.3, -0.25) is 0 Å². The summed E-state index contributed by atoms with van der Waals surface area (Å²) < 4.78 is 12.8. The minimum absolute atomic E-state index is 0.0310. The molecule has 6 heteroatoms. The fraction of sp³-hybridized carbons (Fsp3) is 0.0952. The molecule has 48 heavy (non-hydrogen) atoms. The smallest absolute Gasteiger partial charge is 0.151 e. The topological polar surface area (TPSA) is 72.5 Å². The summed E-state index contributed by atoms with van der Waals surface area (Å²) in [5.41, 5.74) is 10.4. The average molecular weight is 619 g/mol. The fourth-order valence-electron chi connectivity index (χ4n) is 8.43. The van der Waals surface area contributed by atoms with Crippen LogP contribution in [0.2, 0.25) is 0 Å². The SMILES string of the molecule is N#Cc1c(C#N)c(N2c3ccccc3Oc3ccccc32)c2c(c1N1c3ccccc3Oc3ccccc31)C1CCC2c2ccccc21. The van der Waals surface area contributed by atoms with Gasteiger partial charge in [-0.25, -0.2) is 0 Å². The summed E-state index contributed by atoms with van der Waals surface area (Å²) in [6.07, 6.45) is 1.89. The lowest BCUT2D eigenvalue weighted by atomic mass is 9.61. The number of nitrogens with zero attached hydrogens (tertiary/aromatic N) is 4. The third-order valence-electron chi connectivity index (χ3n) is 10.2. The summed E-state index contributed by atoms with van der Waals surface area (Å²) in [6.45, 7) is 0. The molecule has 6 aromatic rings. The van der Waals surface area contributed by atoms with E-state index in [-0.39, 0.29) is 11.8 Å². The zero-order valence-electron chi connectivity index (χ0n) is 25.7. The molecule has 0 radical (unpaired) electrons. The van der Waals surface area contributed by atoms with Crippen LogP contribution in [0.25, 0.3) is 0 Å². The van der Waals surface area contributed by atoms with Crippen molar-refractivity contribution < 1.29 is 9.47 Å². The normalized spacial score (nSPS) is 17.2. The molecule has 0 amide bonds. The van der Waals surface area contributed by atoms with E-state index >= 15 is 0 Å². The van der Waals surface area contributed by atoms with E-state index in [1.807, 2.05) is 97.1 Å². The van der Waals surface area contributed by atoms with Crippen LogP contribution in [-0.2, 0) is 0 Å². The number of hydrogen-bond acceptors (Lipinski definition) is 6. The number of ether oxygens (including phenoxy) is 2. The Morgan fingerprint density at radius 3 is 1.10 bits per heavy atom. The average Bonchev–Trinajstić information content (AvgIpc) is 3.15. The molecule has 6 aromatic carbocycles. The molecule has 11 rings (SSSR count). The van der Waals surface area contributed by atoms with Crippen LogP contribution in [0.5, 0.6) is 23.0 Å². The highest BCUT2D eigenvalue weighted by Gasteiger charge is 2.46. The molecule has 0 N–H and O–H groups in total. The van der Waals surface area contributed by atoms with Crippen LogP contribution in [-0.4, -0.2) is 0 Å². The Labute approximate surface area is 277 Å². The molecule has 2 aliphatic heterocycles. The maximum atomic E-state index is 11.2. The van der Waals surface area contributed by atoms with Crippen molar-refractivity contribution in [2.24, 2.45) is 0 Å². The Morgan fingerprint density at radius 2 is 0.771 bits per heavy atom. The van der Waals surface area contributed by atoms with E-state index in [2.05, 4.69) is 46.2 Å². The molecule has 6 nitrogen and oxygen atoms in total. The van der Waals surface area contributed by atoms with Gasteiger partial charge in [0.05, 0.1) is 45.3 Å². The minimum Gasteiger partial charge on any atom is -0.453 e. The van der Waals surface area contributed by atoms with Crippen molar-refractivity contribution in [1.29, 1.82) is 10.5 Å². The lowest BCUT2D eigenvalue weighted by Crippen LogP contribution is -2.31. The van der Waals surface area contributed by atoms with Crippen molar-refractivity contribution in [3.63, 3.8) is 0 Å². The van der Waals surface area contributed by atoms with Gasteiger partial charge >= 0.3 is 0 Å². The summed E-state index contributed by atoms with van der Waals surface area (Å²) in [7, 11) is 0. The zero-order valence-corrected chi connectivity index (χ0v) is 25.7. The van der Waals surface area contributed by atoms with Crippen LogP contribution >= 0.6 is 0 Å². The third-order valence-corrected chi connectivity index (χ3v) is 10.2. The van der Waals surface area contributed by atoms with Gasteiger partial charge < -0.3 is 19.3 Å². The van der Waals surface area contributed by atoms with Crippen LogP contribution < -0.4 is 19.3 Å². The maximum absolute atomic E-state index is 11.2.